The Hall–Kier alpha value is -0.790. The number of carbonyl (C=O) groups is 1. The van der Waals surface area contributed by atoms with Crippen LogP contribution in [0, 0.1) is 0 Å². The van der Waals surface area contributed by atoms with Crippen LogP contribution in [-0.4, -0.2) is 39.7 Å². The van der Waals surface area contributed by atoms with E-state index in [4.69, 9.17) is 5.73 Å². The fourth-order valence-electron chi connectivity index (χ4n) is 1.30. The summed E-state index contributed by atoms with van der Waals surface area (Å²) in [4.78, 5) is 15.9. The van der Waals surface area contributed by atoms with E-state index in [0.29, 0.717) is 31.6 Å². The highest BCUT2D eigenvalue weighted by Gasteiger charge is 2.11. The van der Waals surface area contributed by atoms with Crippen LogP contribution in [0.1, 0.15) is 28.8 Å². The van der Waals surface area contributed by atoms with Gasteiger partial charge in [0, 0.05) is 40.7 Å². The van der Waals surface area contributed by atoms with Crippen molar-refractivity contribution in [1.29, 1.82) is 0 Å². The monoisotopic (exact) mass is 289 g/mol. The van der Waals surface area contributed by atoms with Gasteiger partial charge in [0.25, 0.3) is 5.91 Å². The quantitative estimate of drug-likeness (QED) is 0.767. The van der Waals surface area contributed by atoms with E-state index >= 15 is 0 Å². The average Bonchev–Trinajstić information content (AvgIpc) is 2.77. The SMILES string of the molecule is CC(CCNC(=O)c1csc(CCN)n1)S(C)=O. The van der Waals surface area contributed by atoms with Crippen molar-refractivity contribution in [3.63, 3.8) is 0 Å². The molecule has 1 aromatic rings. The van der Waals surface area contributed by atoms with E-state index in [9.17, 15) is 9.00 Å². The fraction of sp³-hybridized carbons (Fsp3) is 0.636. The zero-order chi connectivity index (χ0) is 13.5. The van der Waals surface area contributed by atoms with Crippen LogP contribution in [0.15, 0.2) is 5.38 Å². The highest BCUT2D eigenvalue weighted by molar-refractivity contribution is 7.84. The second-order valence-electron chi connectivity index (χ2n) is 4.02. The standard InChI is InChI=1S/C11H19N3O2S2/c1-8(18(2)16)4-6-13-11(15)9-7-17-10(14-9)3-5-12/h7-8H,3-6,12H2,1-2H3,(H,13,15). The van der Waals surface area contributed by atoms with E-state index in [0.717, 1.165) is 5.01 Å². The summed E-state index contributed by atoms with van der Waals surface area (Å²) < 4.78 is 11.1. The van der Waals surface area contributed by atoms with E-state index in [1.165, 1.54) is 11.3 Å². The van der Waals surface area contributed by atoms with Crippen molar-refractivity contribution in [2.24, 2.45) is 5.73 Å². The highest BCUT2D eigenvalue weighted by Crippen LogP contribution is 2.09. The van der Waals surface area contributed by atoms with Gasteiger partial charge in [-0.1, -0.05) is 6.92 Å². The van der Waals surface area contributed by atoms with Crippen molar-refractivity contribution in [2.75, 3.05) is 19.3 Å². The van der Waals surface area contributed by atoms with Crippen molar-refractivity contribution in [3.8, 4) is 0 Å². The van der Waals surface area contributed by atoms with Gasteiger partial charge in [-0.2, -0.15) is 0 Å². The summed E-state index contributed by atoms with van der Waals surface area (Å²) in [7, 11) is -0.847. The summed E-state index contributed by atoms with van der Waals surface area (Å²) in [5, 5.41) is 5.49. The molecular formula is C11H19N3O2S2. The molecule has 1 aromatic heterocycles. The molecule has 0 aromatic carbocycles. The van der Waals surface area contributed by atoms with E-state index in [-0.39, 0.29) is 11.2 Å². The topological polar surface area (TPSA) is 85.1 Å². The van der Waals surface area contributed by atoms with Crippen LogP contribution in [0.4, 0.5) is 0 Å². The largest absolute Gasteiger partial charge is 0.351 e. The molecule has 1 heterocycles. The Morgan fingerprint density at radius 2 is 2.39 bits per heavy atom. The van der Waals surface area contributed by atoms with Gasteiger partial charge in [-0.05, 0) is 13.0 Å². The molecule has 0 aliphatic rings. The lowest BCUT2D eigenvalue weighted by Gasteiger charge is -2.08. The molecule has 0 saturated heterocycles. The first-order chi connectivity index (χ1) is 8.54. The van der Waals surface area contributed by atoms with Gasteiger partial charge < -0.3 is 11.1 Å². The summed E-state index contributed by atoms with van der Waals surface area (Å²) in [6, 6.07) is 0. The fourth-order valence-corrected chi connectivity index (χ4v) is 2.54. The Bertz CT molecular complexity index is 420. The number of carbonyl (C=O) groups excluding carboxylic acids is 1. The lowest BCUT2D eigenvalue weighted by Crippen LogP contribution is -2.27. The maximum Gasteiger partial charge on any atom is 0.270 e. The zero-order valence-electron chi connectivity index (χ0n) is 10.6. The molecule has 0 saturated carbocycles. The van der Waals surface area contributed by atoms with E-state index < -0.39 is 10.8 Å². The van der Waals surface area contributed by atoms with Crippen molar-refractivity contribution in [1.82, 2.24) is 10.3 Å². The second kappa shape index (κ2) is 7.60. The summed E-state index contributed by atoms with van der Waals surface area (Å²) in [5.74, 6) is -0.177. The first-order valence-electron chi connectivity index (χ1n) is 5.79. The summed E-state index contributed by atoms with van der Waals surface area (Å²) in [5.41, 5.74) is 5.86. The van der Waals surface area contributed by atoms with Crippen LogP contribution in [0.5, 0.6) is 0 Å². The van der Waals surface area contributed by atoms with E-state index in [1.807, 2.05) is 6.92 Å². The van der Waals surface area contributed by atoms with Gasteiger partial charge in [0.1, 0.15) is 5.69 Å². The maximum atomic E-state index is 11.7. The number of nitrogens with zero attached hydrogens (tertiary/aromatic N) is 1. The number of amides is 1. The molecule has 0 bridgehead atoms. The first-order valence-corrected chi connectivity index (χ1v) is 8.29. The number of rotatable bonds is 7. The van der Waals surface area contributed by atoms with Gasteiger partial charge in [-0.15, -0.1) is 11.3 Å². The molecule has 2 atom stereocenters. The molecule has 7 heteroatoms. The normalized spacial score (nSPS) is 14.2. The van der Waals surface area contributed by atoms with Crippen LogP contribution in [0.3, 0.4) is 0 Å². The van der Waals surface area contributed by atoms with Crippen LogP contribution in [0.25, 0.3) is 0 Å². The minimum absolute atomic E-state index is 0.0912. The Morgan fingerprint density at radius 3 is 3.00 bits per heavy atom. The number of hydrogen-bond donors (Lipinski definition) is 2. The summed E-state index contributed by atoms with van der Waals surface area (Å²) >= 11 is 1.45. The number of nitrogens with one attached hydrogen (secondary N) is 1. The maximum absolute atomic E-state index is 11.7. The third-order valence-electron chi connectivity index (χ3n) is 2.55. The smallest absolute Gasteiger partial charge is 0.270 e. The third-order valence-corrected chi connectivity index (χ3v) is 4.82. The predicted molar refractivity (Wildman–Crippen MR) is 75.4 cm³/mol. The van der Waals surface area contributed by atoms with Crippen LogP contribution < -0.4 is 11.1 Å². The lowest BCUT2D eigenvalue weighted by atomic mass is 10.3. The molecular weight excluding hydrogens is 270 g/mol. The van der Waals surface area contributed by atoms with E-state index in [2.05, 4.69) is 10.3 Å². The Balaban J connectivity index is 2.38. The summed E-state index contributed by atoms with van der Waals surface area (Å²) in [6.45, 7) is 2.96. The zero-order valence-corrected chi connectivity index (χ0v) is 12.3. The van der Waals surface area contributed by atoms with Crippen LogP contribution in [-0.2, 0) is 17.2 Å². The van der Waals surface area contributed by atoms with Crippen LogP contribution >= 0.6 is 11.3 Å². The molecule has 0 aliphatic carbocycles. The Morgan fingerprint density at radius 1 is 1.67 bits per heavy atom. The number of nitrogens with two attached hydrogens (primary N) is 1. The number of thiazole rings is 1. The Labute approximate surface area is 114 Å². The minimum atomic E-state index is -0.847. The highest BCUT2D eigenvalue weighted by atomic mass is 32.2. The molecule has 1 amide bonds. The van der Waals surface area contributed by atoms with Gasteiger partial charge >= 0.3 is 0 Å². The molecule has 1 rings (SSSR count). The van der Waals surface area contributed by atoms with Crippen molar-refractivity contribution < 1.29 is 9.00 Å². The van der Waals surface area contributed by atoms with Gasteiger partial charge in [0.2, 0.25) is 0 Å². The van der Waals surface area contributed by atoms with E-state index in [1.54, 1.807) is 11.6 Å². The van der Waals surface area contributed by atoms with Crippen molar-refractivity contribution >= 4 is 28.0 Å². The summed E-state index contributed by atoms with van der Waals surface area (Å²) in [6.07, 6.45) is 3.07. The molecule has 3 N–H and O–H groups in total. The van der Waals surface area contributed by atoms with Gasteiger partial charge in [0.05, 0.1) is 5.01 Å². The average molecular weight is 289 g/mol. The van der Waals surface area contributed by atoms with Crippen molar-refractivity contribution in [2.45, 2.75) is 25.0 Å². The molecule has 0 fully saturated rings. The number of hydrogen-bond acceptors (Lipinski definition) is 5. The molecule has 18 heavy (non-hydrogen) atoms. The molecule has 2 unspecified atom stereocenters. The van der Waals surface area contributed by atoms with Crippen molar-refractivity contribution in [3.05, 3.63) is 16.1 Å². The minimum Gasteiger partial charge on any atom is -0.351 e. The number of aromatic nitrogens is 1. The molecule has 5 nitrogen and oxygen atoms in total. The first kappa shape index (κ1) is 15.3. The molecule has 102 valence electrons. The molecule has 0 spiro atoms. The van der Waals surface area contributed by atoms with Gasteiger partial charge in [0.15, 0.2) is 0 Å². The molecule has 0 radical (unpaired) electrons. The van der Waals surface area contributed by atoms with Crippen LogP contribution in [0.2, 0.25) is 0 Å². The predicted octanol–water partition coefficient (Wildman–Crippen LogP) is 0.531. The third kappa shape index (κ3) is 4.83. The molecule has 0 aliphatic heterocycles. The van der Waals surface area contributed by atoms with Gasteiger partial charge in [-0.25, -0.2) is 4.98 Å². The Kier molecular flexibility index (Phi) is 6.45. The lowest BCUT2D eigenvalue weighted by molar-refractivity contribution is 0.0949. The second-order valence-corrected chi connectivity index (χ2v) is 6.76. The van der Waals surface area contributed by atoms with Gasteiger partial charge in [-0.3, -0.25) is 9.00 Å².